The molecule has 1 aliphatic heterocycles. The van der Waals surface area contributed by atoms with Crippen molar-refractivity contribution < 1.29 is 9.53 Å². The molecule has 0 aliphatic carbocycles. The summed E-state index contributed by atoms with van der Waals surface area (Å²) >= 11 is 13.7. The number of nitrogens with zero attached hydrogens (tertiary/aromatic N) is 1. The summed E-state index contributed by atoms with van der Waals surface area (Å²) < 4.78 is 5.75. The molecule has 1 aliphatic rings. The monoisotopic (exact) mass is 531 g/mol. The van der Waals surface area contributed by atoms with E-state index in [0.29, 0.717) is 26.2 Å². The van der Waals surface area contributed by atoms with Crippen molar-refractivity contribution in [2.75, 3.05) is 31.2 Å². The fourth-order valence-corrected chi connectivity index (χ4v) is 5.88. The van der Waals surface area contributed by atoms with Gasteiger partial charge in [0.05, 0.1) is 27.2 Å². The number of ether oxygens (including phenoxy) is 1. The van der Waals surface area contributed by atoms with Crippen LogP contribution in [0.2, 0.25) is 10.0 Å². The van der Waals surface area contributed by atoms with Crippen molar-refractivity contribution in [1.82, 2.24) is 4.90 Å². The maximum Gasteiger partial charge on any atom is 0.196 e. The molecule has 8 heteroatoms. The van der Waals surface area contributed by atoms with E-state index in [0.717, 1.165) is 56.1 Å². The Kier molecular flexibility index (Phi) is 8.95. The first-order valence-corrected chi connectivity index (χ1v) is 13.6. The molecule has 1 aromatic heterocycles. The highest BCUT2D eigenvalue weighted by molar-refractivity contribution is 7.16. The average Bonchev–Trinajstić information content (AvgIpc) is 3.18. The van der Waals surface area contributed by atoms with Gasteiger partial charge in [-0.3, -0.25) is 9.69 Å². The normalized spacial score (nSPS) is 13.5. The minimum atomic E-state index is -0.0765. The van der Waals surface area contributed by atoms with Gasteiger partial charge in [0.1, 0.15) is 5.75 Å². The molecule has 0 amide bonds. The van der Waals surface area contributed by atoms with Gasteiger partial charge in [0.2, 0.25) is 0 Å². The SMILES string of the molecule is Nc1ccc(OCCCCCCCN2CCc3c(sc(N)c3C(=O)c3ccc(Cl)c(Cl)c3)C2)cc1. The van der Waals surface area contributed by atoms with E-state index in [9.17, 15) is 4.79 Å². The standard InChI is InChI=1S/C27H31Cl2N3O2S/c28-22-11-6-18(16-23(22)29)26(33)25-21-12-14-32(17-24(21)35-27(25)31)13-4-2-1-3-5-15-34-20-9-7-19(30)8-10-20/h6-11,16H,1-5,12-15,17,30-31H2. The van der Waals surface area contributed by atoms with Crippen molar-refractivity contribution in [2.24, 2.45) is 0 Å². The van der Waals surface area contributed by atoms with E-state index in [1.54, 1.807) is 18.2 Å². The lowest BCUT2D eigenvalue weighted by molar-refractivity contribution is 0.103. The molecule has 0 saturated carbocycles. The van der Waals surface area contributed by atoms with Gasteiger partial charge in [-0.05, 0) is 73.8 Å². The Bertz CT molecular complexity index is 1160. The molecule has 35 heavy (non-hydrogen) atoms. The van der Waals surface area contributed by atoms with Gasteiger partial charge < -0.3 is 16.2 Å². The van der Waals surface area contributed by atoms with Gasteiger partial charge in [-0.15, -0.1) is 11.3 Å². The number of benzene rings is 2. The van der Waals surface area contributed by atoms with Crippen LogP contribution in [-0.4, -0.2) is 30.4 Å². The lowest BCUT2D eigenvalue weighted by Gasteiger charge is -2.27. The maximum absolute atomic E-state index is 13.2. The molecule has 0 bridgehead atoms. The van der Waals surface area contributed by atoms with Crippen molar-refractivity contribution in [3.8, 4) is 5.75 Å². The lowest BCUT2D eigenvalue weighted by Crippen LogP contribution is -2.31. The van der Waals surface area contributed by atoms with E-state index in [-0.39, 0.29) is 5.78 Å². The molecule has 0 saturated heterocycles. The van der Waals surface area contributed by atoms with E-state index in [4.69, 9.17) is 39.4 Å². The number of hydrogen-bond acceptors (Lipinski definition) is 6. The zero-order valence-electron chi connectivity index (χ0n) is 19.7. The van der Waals surface area contributed by atoms with Crippen LogP contribution in [-0.2, 0) is 13.0 Å². The van der Waals surface area contributed by atoms with E-state index in [2.05, 4.69) is 4.90 Å². The largest absolute Gasteiger partial charge is 0.494 e. The van der Waals surface area contributed by atoms with Gasteiger partial charge in [0.15, 0.2) is 5.78 Å². The van der Waals surface area contributed by atoms with Crippen molar-refractivity contribution in [3.05, 3.63) is 74.1 Å². The lowest BCUT2D eigenvalue weighted by atomic mass is 9.96. The molecule has 3 aromatic rings. The van der Waals surface area contributed by atoms with Crippen LogP contribution in [0.5, 0.6) is 5.75 Å². The molecule has 186 valence electrons. The number of unbranched alkanes of at least 4 members (excludes halogenated alkanes) is 4. The Labute approximate surface area is 221 Å². The highest BCUT2D eigenvalue weighted by Gasteiger charge is 2.27. The van der Waals surface area contributed by atoms with Crippen LogP contribution in [0, 0.1) is 0 Å². The third kappa shape index (κ3) is 6.70. The predicted molar refractivity (Wildman–Crippen MR) is 147 cm³/mol. The second kappa shape index (κ2) is 12.1. The zero-order chi connectivity index (χ0) is 24.8. The quantitative estimate of drug-likeness (QED) is 0.161. The second-order valence-electron chi connectivity index (χ2n) is 8.91. The average molecular weight is 533 g/mol. The first kappa shape index (κ1) is 25.8. The van der Waals surface area contributed by atoms with E-state index in [1.807, 2.05) is 24.3 Å². The summed E-state index contributed by atoms with van der Waals surface area (Å²) in [6.45, 7) is 3.60. The molecule has 0 radical (unpaired) electrons. The van der Waals surface area contributed by atoms with E-state index >= 15 is 0 Å². The zero-order valence-corrected chi connectivity index (χ0v) is 22.0. The summed E-state index contributed by atoms with van der Waals surface area (Å²) in [6, 6.07) is 12.5. The van der Waals surface area contributed by atoms with Crippen molar-refractivity contribution in [1.29, 1.82) is 0 Å². The minimum absolute atomic E-state index is 0.0765. The summed E-state index contributed by atoms with van der Waals surface area (Å²) in [6.07, 6.45) is 6.65. The molecule has 4 N–H and O–H groups in total. The molecule has 0 atom stereocenters. The number of thiophene rings is 1. The fourth-order valence-electron chi connectivity index (χ4n) is 4.42. The van der Waals surface area contributed by atoms with Crippen molar-refractivity contribution >= 4 is 51.0 Å². The molecular weight excluding hydrogens is 501 g/mol. The van der Waals surface area contributed by atoms with Crippen LogP contribution in [0.15, 0.2) is 42.5 Å². The number of anilines is 2. The van der Waals surface area contributed by atoms with Crippen LogP contribution in [0.4, 0.5) is 10.7 Å². The van der Waals surface area contributed by atoms with Crippen molar-refractivity contribution in [3.63, 3.8) is 0 Å². The third-order valence-electron chi connectivity index (χ3n) is 6.34. The van der Waals surface area contributed by atoms with Crippen LogP contribution < -0.4 is 16.2 Å². The van der Waals surface area contributed by atoms with Gasteiger partial charge in [-0.1, -0.05) is 42.5 Å². The number of carbonyl (C=O) groups excluding carboxylic acids is 1. The highest BCUT2D eigenvalue weighted by Crippen LogP contribution is 2.37. The van der Waals surface area contributed by atoms with Gasteiger partial charge in [0.25, 0.3) is 0 Å². The molecule has 0 fully saturated rings. The number of ketones is 1. The Hall–Kier alpha value is -2.25. The molecule has 4 rings (SSSR count). The van der Waals surface area contributed by atoms with Crippen LogP contribution >= 0.6 is 34.5 Å². The summed E-state index contributed by atoms with van der Waals surface area (Å²) in [4.78, 5) is 16.8. The van der Waals surface area contributed by atoms with E-state index in [1.165, 1.54) is 41.9 Å². The van der Waals surface area contributed by atoms with E-state index < -0.39 is 0 Å². The Morgan fingerprint density at radius 1 is 0.971 bits per heavy atom. The maximum atomic E-state index is 13.2. The predicted octanol–water partition coefficient (Wildman–Crippen LogP) is 6.84. The topological polar surface area (TPSA) is 81.6 Å². The Morgan fingerprint density at radius 2 is 1.71 bits per heavy atom. The Morgan fingerprint density at radius 3 is 2.49 bits per heavy atom. The number of fused-ring (bicyclic) bond motifs is 1. The Balaban J connectivity index is 1.19. The molecule has 5 nitrogen and oxygen atoms in total. The number of hydrogen-bond donors (Lipinski definition) is 2. The molecule has 2 heterocycles. The number of rotatable bonds is 11. The first-order valence-electron chi connectivity index (χ1n) is 12.0. The number of nitrogen functional groups attached to an aromatic ring is 2. The van der Waals surface area contributed by atoms with Crippen LogP contribution in [0.3, 0.4) is 0 Å². The number of nitrogens with two attached hydrogens (primary N) is 2. The van der Waals surface area contributed by atoms with Crippen molar-refractivity contribution in [2.45, 2.75) is 45.1 Å². The minimum Gasteiger partial charge on any atom is -0.494 e. The first-order chi connectivity index (χ1) is 16.9. The molecule has 2 aromatic carbocycles. The second-order valence-corrected chi connectivity index (χ2v) is 10.9. The van der Waals surface area contributed by atoms with Gasteiger partial charge >= 0.3 is 0 Å². The molecular formula is C27H31Cl2N3O2S. The number of halogens is 2. The summed E-state index contributed by atoms with van der Waals surface area (Å²) in [5.74, 6) is 0.798. The number of carbonyl (C=O) groups is 1. The highest BCUT2D eigenvalue weighted by atomic mass is 35.5. The van der Waals surface area contributed by atoms with Crippen LogP contribution in [0.25, 0.3) is 0 Å². The summed E-state index contributed by atoms with van der Waals surface area (Å²) in [5.41, 5.74) is 15.0. The fraction of sp³-hybridized carbons (Fsp3) is 0.370. The molecule has 0 unspecified atom stereocenters. The smallest absolute Gasteiger partial charge is 0.196 e. The van der Waals surface area contributed by atoms with Crippen LogP contribution in [0.1, 0.15) is 58.5 Å². The van der Waals surface area contributed by atoms with Gasteiger partial charge in [-0.2, -0.15) is 0 Å². The van der Waals surface area contributed by atoms with Gasteiger partial charge in [0, 0.05) is 29.2 Å². The summed E-state index contributed by atoms with van der Waals surface area (Å²) in [5, 5.41) is 1.40. The third-order valence-corrected chi connectivity index (χ3v) is 8.12. The van der Waals surface area contributed by atoms with Gasteiger partial charge in [-0.25, -0.2) is 0 Å². The summed E-state index contributed by atoms with van der Waals surface area (Å²) in [7, 11) is 0. The molecule has 0 spiro atoms.